The summed E-state index contributed by atoms with van der Waals surface area (Å²) >= 11 is 6.25. The smallest absolute Gasteiger partial charge is 0.433 e. The van der Waals surface area contributed by atoms with E-state index in [1.807, 2.05) is 13.0 Å². The Morgan fingerprint density at radius 1 is 1.14 bits per heavy atom. The van der Waals surface area contributed by atoms with Crippen molar-refractivity contribution < 1.29 is 32.2 Å². The molecule has 0 aliphatic carbocycles. The number of carbonyl (C=O) groups excluding carboxylic acids is 2. The van der Waals surface area contributed by atoms with Gasteiger partial charge in [-0.2, -0.15) is 18.4 Å². The summed E-state index contributed by atoms with van der Waals surface area (Å²) in [5.41, 5.74) is 0.408. The molecular weight excluding hydrogens is 511 g/mol. The van der Waals surface area contributed by atoms with Gasteiger partial charge in [0.2, 0.25) is 0 Å². The van der Waals surface area contributed by atoms with E-state index in [2.05, 4.69) is 10.3 Å². The molecule has 1 N–H and O–H groups in total. The second kappa shape index (κ2) is 11.8. The molecule has 37 heavy (non-hydrogen) atoms. The summed E-state index contributed by atoms with van der Waals surface area (Å²) < 4.78 is 49.6. The van der Waals surface area contributed by atoms with Gasteiger partial charge in [0.25, 0.3) is 0 Å². The standard InChI is InChI=1S/C26H21ClF3N3O4/c1-15-4-3-5-23(37-9-8-36-16(2)34)25(15)33-14-22(35)17-6-7-21(27)19(10-17)20-13-32-24(26(28,29)30)11-18(20)12-31/h3-7,10-11,13,33H,8-9,14H2,1-2H3. The number of nitrogens with one attached hydrogen (secondary N) is 1. The zero-order valence-corrected chi connectivity index (χ0v) is 20.5. The van der Waals surface area contributed by atoms with E-state index >= 15 is 0 Å². The number of para-hydroxylation sites is 1. The highest BCUT2D eigenvalue weighted by Gasteiger charge is 2.33. The van der Waals surface area contributed by atoms with E-state index in [1.54, 1.807) is 18.2 Å². The number of nitriles is 1. The molecule has 192 valence electrons. The van der Waals surface area contributed by atoms with Crippen molar-refractivity contribution >= 4 is 29.0 Å². The first-order chi connectivity index (χ1) is 17.5. The number of hydrogen-bond acceptors (Lipinski definition) is 7. The summed E-state index contributed by atoms with van der Waals surface area (Å²) in [4.78, 5) is 27.3. The third-order valence-corrected chi connectivity index (χ3v) is 5.53. The Morgan fingerprint density at radius 3 is 2.57 bits per heavy atom. The lowest BCUT2D eigenvalue weighted by molar-refractivity contribution is -0.142. The van der Waals surface area contributed by atoms with Gasteiger partial charge in [0.15, 0.2) is 5.78 Å². The third-order valence-electron chi connectivity index (χ3n) is 5.20. The highest BCUT2D eigenvalue weighted by atomic mass is 35.5. The lowest BCUT2D eigenvalue weighted by Gasteiger charge is -2.16. The van der Waals surface area contributed by atoms with E-state index in [0.717, 1.165) is 11.8 Å². The number of Topliss-reactive ketones (excluding diaryl/α,β-unsaturated/α-hetero) is 1. The molecule has 0 atom stereocenters. The van der Waals surface area contributed by atoms with E-state index in [9.17, 15) is 28.0 Å². The summed E-state index contributed by atoms with van der Waals surface area (Å²) in [6, 6.07) is 12.0. The van der Waals surface area contributed by atoms with Crippen molar-refractivity contribution in [2.45, 2.75) is 20.0 Å². The number of hydrogen-bond donors (Lipinski definition) is 1. The quantitative estimate of drug-likeness (QED) is 0.210. The SMILES string of the molecule is CC(=O)OCCOc1cccc(C)c1NCC(=O)c1ccc(Cl)c(-c2cnc(C(F)(F)F)cc2C#N)c1. The number of ketones is 1. The maximum Gasteiger partial charge on any atom is 0.433 e. The van der Waals surface area contributed by atoms with Crippen LogP contribution in [0.1, 0.15) is 34.1 Å². The van der Waals surface area contributed by atoms with Crippen molar-refractivity contribution in [1.82, 2.24) is 4.98 Å². The lowest BCUT2D eigenvalue weighted by atomic mass is 9.98. The van der Waals surface area contributed by atoms with Crippen molar-refractivity contribution in [2.75, 3.05) is 25.1 Å². The van der Waals surface area contributed by atoms with Gasteiger partial charge in [0, 0.05) is 34.8 Å². The van der Waals surface area contributed by atoms with Gasteiger partial charge in [-0.25, -0.2) is 0 Å². The Bertz CT molecular complexity index is 1370. The average Bonchev–Trinajstić information content (AvgIpc) is 2.85. The number of esters is 1. The van der Waals surface area contributed by atoms with Crippen molar-refractivity contribution in [3.05, 3.63) is 76.1 Å². The second-order valence-corrected chi connectivity index (χ2v) is 8.24. The molecule has 1 aromatic heterocycles. The Balaban J connectivity index is 1.81. The number of rotatable bonds is 9. The number of halogens is 4. The summed E-state index contributed by atoms with van der Waals surface area (Å²) in [5.74, 6) is -0.301. The fourth-order valence-corrected chi connectivity index (χ4v) is 3.64. The van der Waals surface area contributed by atoms with Gasteiger partial charge in [-0.3, -0.25) is 14.6 Å². The molecule has 0 amide bonds. The van der Waals surface area contributed by atoms with Crippen LogP contribution in [0.5, 0.6) is 5.75 Å². The van der Waals surface area contributed by atoms with Gasteiger partial charge in [-0.15, -0.1) is 0 Å². The lowest BCUT2D eigenvalue weighted by Crippen LogP contribution is -2.16. The first-order valence-electron chi connectivity index (χ1n) is 10.9. The molecule has 2 aromatic carbocycles. The minimum atomic E-state index is -4.71. The van der Waals surface area contributed by atoms with Gasteiger partial charge < -0.3 is 14.8 Å². The molecule has 0 saturated heterocycles. The summed E-state index contributed by atoms with van der Waals surface area (Å²) in [6.45, 7) is 3.17. The molecule has 0 unspecified atom stereocenters. The monoisotopic (exact) mass is 531 g/mol. The van der Waals surface area contributed by atoms with Crippen LogP contribution in [-0.2, 0) is 15.7 Å². The molecule has 7 nitrogen and oxygen atoms in total. The van der Waals surface area contributed by atoms with Gasteiger partial charge in [0.1, 0.15) is 24.7 Å². The number of benzene rings is 2. The van der Waals surface area contributed by atoms with Gasteiger partial charge >= 0.3 is 12.1 Å². The zero-order chi connectivity index (χ0) is 27.2. The Kier molecular flexibility index (Phi) is 8.73. The number of aromatic nitrogens is 1. The molecular formula is C26H21ClF3N3O4. The first kappa shape index (κ1) is 27.5. The molecule has 0 saturated carbocycles. The van der Waals surface area contributed by atoms with Gasteiger partial charge in [-0.05, 0) is 42.8 Å². The van der Waals surface area contributed by atoms with Crippen molar-refractivity contribution in [1.29, 1.82) is 5.26 Å². The highest BCUT2D eigenvalue weighted by Crippen LogP contribution is 2.35. The molecule has 1 heterocycles. The second-order valence-electron chi connectivity index (χ2n) is 7.83. The van der Waals surface area contributed by atoms with E-state index in [4.69, 9.17) is 21.1 Å². The van der Waals surface area contributed by atoms with Crippen LogP contribution in [0.2, 0.25) is 5.02 Å². The summed E-state index contributed by atoms with van der Waals surface area (Å²) in [7, 11) is 0. The van der Waals surface area contributed by atoms with Crippen LogP contribution in [0.3, 0.4) is 0 Å². The number of anilines is 1. The van der Waals surface area contributed by atoms with Crippen LogP contribution in [0, 0.1) is 18.3 Å². The van der Waals surface area contributed by atoms with Crippen molar-refractivity contribution in [3.8, 4) is 22.9 Å². The molecule has 0 aliphatic rings. The number of pyridine rings is 1. The molecule has 0 aliphatic heterocycles. The van der Waals surface area contributed by atoms with Gasteiger partial charge in [-0.1, -0.05) is 23.7 Å². The van der Waals surface area contributed by atoms with Crippen LogP contribution in [-0.4, -0.2) is 36.5 Å². The van der Waals surface area contributed by atoms with E-state index in [-0.39, 0.29) is 52.8 Å². The third kappa shape index (κ3) is 6.98. The number of aryl methyl sites for hydroxylation is 1. The molecule has 0 fully saturated rings. The predicted octanol–water partition coefficient (Wildman–Crippen LogP) is 5.84. The topological polar surface area (TPSA) is 101 Å². The van der Waals surface area contributed by atoms with Crippen LogP contribution < -0.4 is 10.1 Å². The van der Waals surface area contributed by atoms with Crippen LogP contribution in [0.25, 0.3) is 11.1 Å². The summed E-state index contributed by atoms with van der Waals surface area (Å²) in [5, 5.41) is 12.6. The Hall–Kier alpha value is -4.10. The predicted molar refractivity (Wildman–Crippen MR) is 131 cm³/mol. The first-order valence-corrected chi connectivity index (χ1v) is 11.3. The number of ether oxygens (including phenoxy) is 2. The average molecular weight is 532 g/mol. The Labute approximate surface area is 215 Å². The molecule has 3 rings (SSSR count). The maximum absolute atomic E-state index is 13.0. The molecule has 3 aromatic rings. The largest absolute Gasteiger partial charge is 0.488 e. The van der Waals surface area contributed by atoms with Crippen LogP contribution in [0.4, 0.5) is 18.9 Å². The van der Waals surface area contributed by atoms with Crippen LogP contribution in [0.15, 0.2) is 48.7 Å². The number of nitrogens with zero attached hydrogens (tertiary/aromatic N) is 2. The molecule has 0 spiro atoms. The minimum absolute atomic E-state index is 0.0681. The van der Waals surface area contributed by atoms with E-state index < -0.39 is 17.8 Å². The summed E-state index contributed by atoms with van der Waals surface area (Å²) in [6.07, 6.45) is -3.79. The number of carbonyl (C=O) groups is 2. The number of alkyl halides is 3. The molecule has 0 radical (unpaired) electrons. The van der Waals surface area contributed by atoms with E-state index in [1.165, 1.54) is 25.1 Å². The fraction of sp³-hybridized carbons (Fsp3) is 0.231. The minimum Gasteiger partial charge on any atom is -0.488 e. The highest BCUT2D eigenvalue weighted by molar-refractivity contribution is 6.33. The maximum atomic E-state index is 13.0. The van der Waals surface area contributed by atoms with Crippen molar-refractivity contribution in [2.24, 2.45) is 0 Å². The van der Waals surface area contributed by atoms with Gasteiger partial charge in [0.05, 0.1) is 23.9 Å². The zero-order valence-electron chi connectivity index (χ0n) is 19.8. The normalized spacial score (nSPS) is 10.9. The van der Waals surface area contributed by atoms with Crippen LogP contribution >= 0.6 is 11.6 Å². The fourth-order valence-electron chi connectivity index (χ4n) is 3.42. The molecule has 0 bridgehead atoms. The molecule has 11 heteroatoms. The Morgan fingerprint density at radius 2 is 1.89 bits per heavy atom. The van der Waals surface area contributed by atoms with Crippen molar-refractivity contribution in [3.63, 3.8) is 0 Å². The van der Waals surface area contributed by atoms with E-state index in [0.29, 0.717) is 17.5 Å².